The Balaban J connectivity index is 1.88. The Morgan fingerprint density at radius 1 is 1.35 bits per heavy atom. The van der Waals surface area contributed by atoms with Gasteiger partial charge < -0.3 is 5.32 Å². The van der Waals surface area contributed by atoms with E-state index in [0.29, 0.717) is 6.04 Å². The molecule has 3 heteroatoms. The average Bonchev–Trinajstić information content (AvgIpc) is 3.27. The van der Waals surface area contributed by atoms with Gasteiger partial charge in [-0.25, -0.2) is 0 Å². The van der Waals surface area contributed by atoms with E-state index < -0.39 is 0 Å². The lowest BCUT2D eigenvalue weighted by Crippen LogP contribution is -2.32. The van der Waals surface area contributed by atoms with Gasteiger partial charge in [0.25, 0.3) is 0 Å². The average molecular weight is 292 g/mol. The van der Waals surface area contributed by atoms with Crippen LogP contribution in [0.3, 0.4) is 0 Å². The van der Waals surface area contributed by atoms with Crippen LogP contribution >= 0.6 is 11.8 Å². The van der Waals surface area contributed by atoms with Crippen molar-refractivity contribution in [3.63, 3.8) is 0 Å². The molecule has 1 aliphatic carbocycles. The van der Waals surface area contributed by atoms with E-state index in [4.69, 9.17) is 0 Å². The molecule has 0 heterocycles. The van der Waals surface area contributed by atoms with E-state index in [1.807, 2.05) is 11.8 Å². The summed E-state index contributed by atoms with van der Waals surface area (Å²) in [5.74, 6) is 1.22. The summed E-state index contributed by atoms with van der Waals surface area (Å²) in [5, 5.41) is 3.59. The van der Waals surface area contributed by atoms with Crippen molar-refractivity contribution in [2.24, 2.45) is 0 Å². The van der Waals surface area contributed by atoms with Crippen molar-refractivity contribution >= 4 is 11.8 Å². The van der Waals surface area contributed by atoms with E-state index in [9.17, 15) is 0 Å². The number of hydrogen-bond donors (Lipinski definition) is 1. The molecule has 0 amide bonds. The second-order valence-electron chi connectivity index (χ2n) is 5.91. The maximum atomic E-state index is 3.59. The van der Waals surface area contributed by atoms with Crippen LogP contribution < -0.4 is 5.32 Å². The normalized spacial score (nSPS) is 16.6. The van der Waals surface area contributed by atoms with Crippen molar-refractivity contribution < 1.29 is 0 Å². The van der Waals surface area contributed by atoms with Crippen molar-refractivity contribution in [2.75, 3.05) is 19.1 Å². The van der Waals surface area contributed by atoms with Crippen LogP contribution in [0.2, 0.25) is 0 Å². The van der Waals surface area contributed by atoms with Crippen LogP contribution in [0.5, 0.6) is 0 Å². The third kappa shape index (κ3) is 5.12. The summed E-state index contributed by atoms with van der Waals surface area (Å²) >= 11 is 1.94. The lowest BCUT2D eigenvalue weighted by Gasteiger charge is -2.26. The van der Waals surface area contributed by atoms with Crippen LogP contribution in [-0.2, 0) is 13.1 Å². The Bertz CT molecular complexity index is 404. The van der Waals surface area contributed by atoms with E-state index >= 15 is 0 Å². The molecule has 1 aromatic rings. The predicted molar refractivity (Wildman–Crippen MR) is 90.2 cm³/mol. The van der Waals surface area contributed by atoms with Crippen molar-refractivity contribution in [3.8, 4) is 0 Å². The maximum Gasteiger partial charge on any atom is 0.0234 e. The molecule has 0 bridgehead atoms. The Morgan fingerprint density at radius 2 is 2.10 bits per heavy atom. The quantitative estimate of drug-likeness (QED) is 0.750. The largest absolute Gasteiger partial charge is 0.310 e. The molecule has 2 rings (SSSR count). The number of hydrogen-bond acceptors (Lipinski definition) is 3. The van der Waals surface area contributed by atoms with Gasteiger partial charge >= 0.3 is 0 Å². The molecule has 1 aliphatic rings. The monoisotopic (exact) mass is 292 g/mol. The molecular formula is C17H28N2S. The zero-order valence-electron chi connectivity index (χ0n) is 13.1. The van der Waals surface area contributed by atoms with Crippen LogP contribution in [0.1, 0.15) is 37.3 Å². The van der Waals surface area contributed by atoms with Crippen LogP contribution in [-0.4, -0.2) is 36.0 Å². The molecule has 20 heavy (non-hydrogen) atoms. The summed E-state index contributed by atoms with van der Waals surface area (Å²) in [4.78, 5) is 2.49. The second-order valence-corrected chi connectivity index (χ2v) is 6.82. The van der Waals surface area contributed by atoms with Gasteiger partial charge in [0.05, 0.1) is 0 Å². The molecule has 1 N–H and O–H groups in total. The van der Waals surface area contributed by atoms with Gasteiger partial charge in [0.2, 0.25) is 0 Å². The Morgan fingerprint density at radius 3 is 2.75 bits per heavy atom. The SMILES string of the molecule is CCC(CSC)N(C)Cc1cccc(CNC2CC2)c1. The highest BCUT2D eigenvalue weighted by Crippen LogP contribution is 2.19. The highest BCUT2D eigenvalue weighted by molar-refractivity contribution is 7.98. The number of thioether (sulfide) groups is 1. The zero-order chi connectivity index (χ0) is 14.4. The topological polar surface area (TPSA) is 15.3 Å². The molecule has 1 fully saturated rings. The molecular weight excluding hydrogens is 264 g/mol. The molecule has 1 aromatic carbocycles. The molecule has 0 aromatic heterocycles. The maximum absolute atomic E-state index is 3.59. The minimum Gasteiger partial charge on any atom is -0.310 e. The van der Waals surface area contributed by atoms with Crippen LogP contribution in [0, 0.1) is 0 Å². The molecule has 1 unspecified atom stereocenters. The zero-order valence-corrected chi connectivity index (χ0v) is 13.9. The van der Waals surface area contributed by atoms with Crippen molar-refractivity contribution in [3.05, 3.63) is 35.4 Å². The summed E-state index contributed by atoms with van der Waals surface area (Å²) in [5.41, 5.74) is 2.85. The third-order valence-corrected chi connectivity index (χ3v) is 4.77. The smallest absolute Gasteiger partial charge is 0.0234 e. The van der Waals surface area contributed by atoms with Gasteiger partial charge in [-0.2, -0.15) is 11.8 Å². The van der Waals surface area contributed by atoms with Gasteiger partial charge in [-0.05, 0) is 43.7 Å². The summed E-state index contributed by atoms with van der Waals surface area (Å²) in [6.07, 6.45) is 6.13. The molecule has 112 valence electrons. The lowest BCUT2D eigenvalue weighted by atomic mass is 10.1. The van der Waals surface area contributed by atoms with Gasteiger partial charge in [0.15, 0.2) is 0 Å². The van der Waals surface area contributed by atoms with E-state index in [1.165, 1.54) is 36.1 Å². The fraction of sp³-hybridized carbons (Fsp3) is 0.647. The predicted octanol–water partition coefficient (Wildman–Crippen LogP) is 3.51. The molecule has 2 nitrogen and oxygen atoms in total. The van der Waals surface area contributed by atoms with E-state index in [-0.39, 0.29) is 0 Å². The summed E-state index contributed by atoms with van der Waals surface area (Å²) in [6, 6.07) is 10.5. The summed E-state index contributed by atoms with van der Waals surface area (Å²) < 4.78 is 0. The van der Waals surface area contributed by atoms with Crippen molar-refractivity contribution in [1.82, 2.24) is 10.2 Å². The van der Waals surface area contributed by atoms with E-state index in [1.54, 1.807) is 0 Å². The first-order valence-electron chi connectivity index (χ1n) is 7.73. The molecule has 0 aliphatic heterocycles. The van der Waals surface area contributed by atoms with Gasteiger partial charge in [-0.3, -0.25) is 4.90 Å². The standard InChI is InChI=1S/C17H28N2S/c1-4-17(13-20-3)19(2)12-15-7-5-6-14(10-15)11-18-16-8-9-16/h5-7,10,16-18H,4,8-9,11-13H2,1-3H3. The highest BCUT2D eigenvalue weighted by atomic mass is 32.2. The number of nitrogens with zero attached hydrogens (tertiary/aromatic N) is 1. The third-order valence-electron chi connectivity index (χ3n) is 4.05. The lowest BCUT2D eigenvalue weighted by molar-refractivity contribution is 0.248. The Kier molecular flexibility index (Phi) is 6.40. The minimum absolute atomic E-state index is 0.679. The van der Waals surface area contributed by atoms with Crippen molar-refractivity contribution in [2.45, 2.75) is 51.4 Å². The Hall–Kier alpha value is -0.510. The van der Waals surface area contributed by atoms with E-state index in [0.717, 1.165) is 19.1 Å². The molecule has 0 spiro atoms. The fourth-order valence-electron chi connectivity index (χ4n) is 2.55. The van der Waals surface area contributed by atoms with Crippen molar-refractivity contribution in [1.29, 1.82) is 0 Å². The van der Waals surface area contributed by atoms with Gasteiger partial charge in [-0.15, -0.1) is 0 Å². The Labute approximate surface area is 128 Å². The van der Waals surface area contributed by atoms with Crippen LogP contribution in [0.15, 0.2) is 24.3 Å². The van der Waals surface area contributed by atoms with Crippen LogP contribution in [0.4, 0.5) is 0 Å². The first kappa shape index (κ1) is 15.9. The molecule has 1 saturated carbocycles. The van der Waals surface area contributed by atoms with E-state index in [2.05, 4.69) is 54.7 Å². The van der Waals surface area contributed by atoms with Gasteiger partial charge in [0.1, 0.15) is 0 Å². The van der Waals surface area contributed by atoms with Crippen LogP contribution in [0.25, 0.3) is 0 Å². The number of rotatable bonds is 9. The molecule has 1 atom stereocenters. The number of benzene rings is 1. The van der Waals surface area contributed by atoms with Gasteiger partial charge in [0, 0.05) is 30.9 Å². The minimum atomic E-state index is 0.679. The van der Waals surface area contributed by atoms with Gasteiger partial charge in [-0.1, -0.05) is 31.2 Å². The first-order valence-corrected chi connectivity index (χ1v) is 9.12. The summed E-state index contributed by atoms with van der Waals surface area (Å²) in [7, 11) is 2.25. The molecule has 0 radical (unpaired) electrons. The number of nitrogens with one attached hydrogen (secondary N) is 1. The fourth-order valence-corrected chi connectivity index (χ4v) is 3.43. The highest BCUT2D eigenvalue weighted by Gasteiger charge is 2.20. The molecule has 0 saturated heterocycles. The summed E-state index contributed by atoms with van der Waals surface area (Å²) in [6.45, 7) is 4.36. The first-order chi connectivity index (χ1) is 9.72. The second kappa shape index (κ2) is 8.06.